The minimum Gasteiger partial charge on any atom is -0.251 e. The fourth-order valence-corrected chi connectivity index (χ4v) is 2.16. The molecule has 1 N–H and O–H groups in total. The van der Waals surface area contributed by atoms with Gasteiger partial charge in [-0.3, -0.25) is 5.26 Å². The first kappa shape index (κ1) is 14.2. The van der Waals surface area contributed by atoms with Crippen molar-refractivity contribution in [3.8, 4) is 0 Å². The summed E-state index contributed by atoms with van der Waals surface area (Å²) in [5.41, 5.74) is 2.08. The molecule has 0 heterocycles. The molecule has 1 aliphatic carbocycles. The third kappa shape index (κ3) is 4.49. The Kier molecular flexibility index (Phi) is 5.66. The molecule has 0 spiro atoms. The summed E-state index contributed by atoms with van der Waals surface area (Å²) in [5.74, 6) is 1.15. The minimum atomic E-state index is -0.244. The van der Waals surface area contributed by atoms with Crippen molar-refractivity contribution < 1.29 is 10.1 Å². The number of rotatable bonds is 2. The van der Waals surface area contributed by atoms with Crippen LogP contribution in [0.2, 0.25) is 0 Å². The summed E-state index contributed by atoms with van der Waals surface area (Å²) in [6.07, 6.45) is 7.70. The van der Waals surface area contributed by atoms with E-state index in [0.717, 1.165) is 36.8 Å². The lowest BCUT2D eigenvalue weighted by Crippen LogP contribution is -2.16. The molecule has 0 radical (unpaired) electrons. The van der Waals surface area contributed by atoms with E-state index in [-0.39, 0.29) is 6.10 Å². The van der Waals surface area contributed by atoms with Gasteiger partial charge >= 0.3 is 0 Å². The maximum atomic E-state index is 8.89. The average molecular weight is 236 g/mol. The van der Waals surface area contributed by atoms with Crippen molar-refractivity contribution >= 4 is 0 Å². The van der Waals surface area contributed by atoms with Crippen LogP contribution in [0.15, 0.2) is 36.5 Å². The molecule has 17 heavy (non-hydrogen) atoms. The molecule has 0 aromatic heterocycles. The predicted molar refractivity (Wildman–Crippen MR) is 71.7 cm³/mol. The van der Waals surface area contributed by atoms with E-state index in [4.69, 9.17) is 5.26 Å². The van der Waals surface area contributed by atoms with Crippen LogP contribution in [0.5, 0.6) is 0 Å². The summed E-state index contributed by atoms with van der Waals surface area (Å²) in [5, 5.41) is 8.89. The van der Waals surface area contributed by atoms with Crippen molar-refractivity contribution in [2.24, 2.45) is 11.8 Å². The second-order valence-electron chi connectivity index (χ2n) is 5.25. The van der Waals surface area contributed by atoms with E-state index in [1.54, 1.807) is 0 Å². The molecule has 0 bridgehead atoms. The maximum absolute atomic E-state index is 8.89. The van der Waals surface area contributed by atoms with E-state index in [2.05, 4.69) is 44.0 Å². The van der Waals surface area contributed by atoms with E-state index >= 15 is 0 Å². The van der Waals surface area contributed by atoms with Gasteiger partial charge in [0.2, 0.25) is 0 Å². The topological polar surface area (TPSA) is 29.5 Å². The molecule has 0 fully saturated rings. The van der Waals surface area contributed by atoms with E-state index in [0.29, 0.717) is 11.8 Å². The van der Waals surface area contributed by atoms with Gasteiger partial charge in [-0.05, 0) is 43.1 Å². The highest BCUT2D eigenvalue weighted by molar-refractivity contribution is 5.18. The Labute approximate surface area is 105 Å². The number of hydrogen-bond acceptors (Lipinski definition) is 2. The Morgan fingerprint density at radius 1 is 1.29 bits per heavy atom. The zero-order valence-electron chi connectivity index (χ0n) is 11.0. The van der Waals surface area contributed by atoms with Gasteiger partial charge in [0.15, 0.2) is 0 Å². The SMILES string of the molecule is C=C1C=CC(C(C)C)CCC(=C)C(OO)CC1. The Hall–Kier alpha value is -0.860. The molecule has 2 unspecified atom stereocenters. The van der Waals surface area contributed by atoms with Gasteiger partial charge in [0.25, 0.3) is 0 Å². The number of allylic oxidation sites excluding steroid dienone is 3. The van der Waals surface area contributed by atoms with Gasteiger partial charge in [0.05, 0.1) is 0 Å². The first-order valence-corrected chi connectivity index (χ1v) is 6.38. The van der Waals surface area contributed by atoms with Crippen molar-refractivity contribution in [2.45, 2.75) is 45.6 Å². The number of hydrogen-bond donors (Lipinski definition) is 1. The summed E-state index contributed by atoms with van der Waals surface area (Å²) in [6.45, 7) is 12.5. The molecule has 0 aliphatic heterocycles. The first-order valence-electron chi connectivity index (χ1n) is 6.38. The van der Waals surface area contributed by atoms with Crippen LogP contribution in [0.3, 0.4) is 0 Å². The molecule has 1 rings (SSSR count). The van der Waals surface area contributed by atoms with Crippen LogP contribution in [0.1, 0.15) is 39.5 Å². The normalized spacial score (nSPS) is 27.5. The van der Waals surface area contributed by atoms with E-state index < -0.39 is 0 Å². The molecule has 96 valence electrons. The predicted octanol–water partition coefficient (Wildman–Crippen LogP) is 4.36. The van der Waals surface area contributed by atoms with Gasteiger partial charge in [0.1, 0.15) is 6.10 Å². The van der Waals surface area contributed by atoms with Gasteiger partial charge in [-0.15, -0.1) is 0 Å². The molecule has 1 aliphatic rings. The van der Waals surface area contributed by atoms with Crippen LogP contribution in [-0.4, -0.2) is 11.4 Å². The molecule has 0 amide bonds. The van der Waals surface area contributed by atoms with Gasteiger partial charge in [-0.1, -0.05) is 44.7 Å². The summed E-state index contributed by atoms with van der Waals surface area (Å²) < 4.78 is 0. The summed E-state index contributed by atoms with van der Waals surface area (Å²) in [6, 6.07) is 0. The van der Waals surface area contributed by atoms with Crippen molar-refractivity contribution in [3.63, 3.8) is 0 Å². The summed E-state index contributed by atoms with van der Waals surface area (Å²) in [7, 11) is 0. The molecule has 2 nitrogen and oxygen atoms in total. The van der Waals surface area contributed by atoms with E-state index in [9.17, 15) is 0 Å². The molecule has 2 heteroatoms. The molecule has 2 atom stereocenters. The summed E-state index contributed by atoms with van der Waals surface area (Å²) in [4.78, 5) is 4.51. The third-order valence-electron chi connectivity index (χ3n) is 3.54. The maximum Gasteiger partial charge on any atom is 0.114 e. The smallest absolute Gasteiger partial charge is 0.114 e. The monoisotopic (exact) mass is 236 g/mol. The third-order valence-corrected chi connectivity index (χ3v) is 3.54. The van der Waals surface area contributed by atoms with Gasteiger partial charge in [-0.25, -0.2) is 4.89 Å². The van der Waals surface area contributed by atoms with E-state index in [1.165, 1.54) is 0 Å². The standard InChI is InChI=1S/C15H24O2/c1-11(2)14-8-5-12(3)6-10-15(17-16)13(4)7-9-14/h5,8,11,14-16H,3-4,6-7,9-10H2,1-2H3. The van der Waals surface area contributed by atoms with Crippen LogP contribution in [-0.2, 0) is 4.89 Å². The fraction of sp³-hybridized carbons (Fsp3) is 0.600. The van der Waals surface area contributed by atoms with E-state index in [1.807, 2.05) is 0 Å². The zero-order valence-corrected chi connectivity index (χ0v) is 11.0. The average Bonchev–Trinajstić information content (AvgIpc) is 2.28. The Bertz CT molecular complexity index is 302. The fourth-order valence-electron chi connectivity index (χ4n) is 2.16. The molecule has 0 saturated heterocycles. The van der Waals surface area contributed by atoms with Crippen LogP contribution in [0.25, 0.3) is 0 Å². The molecular weight excluding hydrogens is 212 g/mol. The van der Waals surface area contributed by atoms with Crippen LogP contribution < -0.4 is 0 Å². The van der Waals surface area contributed by atoms with Crippen LogP contribution >= 0.6 is 0 Å². The highest BCUT2D eigenvalue weighted by Crippen LogP contribution is 2.27. The molecule has 0 saturated carbocycles. The Morgan fingerprint density at radius 3 is 2.59 bits per heavy atom. The molecular formula is C15H24O2. The molecule has 0 aromatic carbocycles. The Balaban J connectivity index is 2.77. The molecule has 0 aromatic rings. The van der Waals surface area contributed by atoms with Gasteiger partial charge in [0, 0.05) is 0 Å². The lowest BCUT2D eigenvalue weighted by molar-refractivity contribution is -0.270. The largest absolute Gasteiger partial charge is 0.251 e. The highest BCUT2D eigenvalue weighted by atomic mass is 17.1. The summed E-state index contributed by atoms with van der Waals surface area (Å²) >= 11 is 0. The van der Waals surface area contributed by atoms with Crippen molar-refractivity contribution in [3.05, 3.63) is 36.5 Å². The highest BCUT2D eigenvalue weighted by Gasteiger charge is 2.18. The quantitative estimate of drug-likeness (QED) is 0.438. The second-order valence-corrected chi connectivity index (χ2v) is 5.25. The van der Waals surface area contributed by atoms with Crippen molar-refractivity contribution in [1.82, 2.24) is 0 Å². The van der Waals surface area contributed by atoms with Crippen molar-refractivity contribution in [1.29, 1.82) is 0 Å². The van der Waals surface area contributed by atoms with Gasteiger partial charge < -0.3 is 0 Å². The van der Waals surface area contributed by atoms with Gasteiger partial charge in [-0.2, -0.15) is 0 Å². The van der Waals surface area contributed by atoms with Crippen LogP contribution in [0, 0.1) is 11.8 Å². The van der Waals surface area contributed by atoms with Crippen molar-refractivity contribution in [2.75, 3.05) is 0 Å². The Morgan fingerprint density at radius 2 is 2.00 bits per heavy atom. The van der Waals surface area contributed by atoms with Crippen LogP contribution in [0.4, 0.5) is 0 Å². The second kappa shape index (κ2) is 6.77. The lowest BCUT2D eigenvalue weighted by Gasteiger charge is -2.22. The first-order chi connectivity index (χ1) is 8.04. The zero-order chi connectivity index (χ0) is 12.8. The lowest BCUT2D eigenvalue weighted by atomic mass is 9.86. The minimum absolute atomic E-state index is 0.244.